The number of hydrogen-bond donors (Lipinski definition) is 0. The van der Waals surface area contributed by atoms with Crippen LogP contribution in [-0.2, 0) is 4.74 Å². The van der Waals surface area contributed by atoms with Gasteiger partial charge in [-0.3, -0.25) is 4.90 Å². The first-order valence-corrected chi connectivity index (χ1v) is 7.43. The Kier molecular flexibility index (Phi) is 5.89. The predicted octanol–water partition coefficient (Wildman–Crippen LogP) is 0.735. The Balaban J connectivity index is 1.63. The third kappa shape index (κ3) is 4.19. The summed E-state index contributed by atoms with van der Waals surface area (Å²) in [5.41, 5.74) is 0. The second-order valence-corrected chi connectivity index (χ2v) is 5.76. The van der Waals surface area contributed by atoms with Gasteiger partial charge in [-0.2, -0.15) is 0 Å². The lowest BCUT2D eigenvalue weighted by molar-refractivity contribution is 0.0607. The van der Waals surface area contributed by atoms with Gasteiger partial charge < -0.3 is 14.5 Å². The number of likely N-dealkylation sites (tertiary alicyclic amines) is 1. The molecule has 2 aliphatic heterocycles. The molecule has 106 valence electrons. The Bertz CT molecular complexity index is 221. The molecular formula is C14H29N3O. The number of rotatable bonds is 5. The maximum Gasteiger partial charge on any atom is 0.0474 e. The maximum absolute atomic E-state index is 5.12. The number of nitrogens with zero attached hydrogens (tertiary/aromatic N) is 3. The standard InChI is InChI=1S/C14H29N3O/c1-15-7-4-14(5-8-15)17-11-9-16(10-12-17)6-3-13-18-2/h14H,3-13H2,1-2H3. The molecule has 0 aliphatic carbocycles. The lowest BCUT2D eigenvalue weighted by atomic mass is 10.0. The number of hydrogen-bond acceptors (Lipinski definition) is 4. The van der Waals surface area contributed by atoms with Crippen molar-refractivity contribution in [3.8, 4) is 0 Å². The molecule has 4 nitrogen and oxygen atoms in total. The molecule has 2 fully saturated rings. The first-order chi connectivity index (χ1) is 8.79. The molecule has 0 saturated carbocycles. The molecule has 18 heavy (non-hydrogen) atoms. The first kappa shape index (κ1) is 14.3. The number of methoxy groups -OCH3 is 1. The van der Waals surface area contributed by atoms with Crippen LogP contribution in [-0.4, -0.2) is 87.3 Å². The Morgan fingerprint density at radius 2 is 1.67 bits per heavy atom. The zero-order chi connectivity index (χ0) is 12.8. The predicted molar refractivity (Wildman–Crippen MR) is 75.0 cm³/mol. The minimum atomic E-state index is 0.849. The van der Waals surface area contributed by atoms with Crippen molar-refractivity contribution >= 4 is 0 Å². The first-order valence-electron chi connectivity index (χ1n) is 7.43. The average molecular weight is 255 g/mol. The van der Waals surface area contributed by atoms with E-state index in [2.05, 4.69) is 21.7 Å². The molecule has 0 radical (unpaired) electrons. The van der Waals surface area contributed by atoms with Crippen molar-refractivity contribution in [2.24, 2.45) is 0 Å². The van der Waals surface area contributed by atoms with Gasteiger partial charge >= 0.3 is 0 Å². The Morgan fingerprint density at radius 3 is 2.28 bits per heavy atom. The summed E-state index contributed by atoms with van der Waals surface area (Å²) in [7, 11) is 4.03. The lowest BCUT2D eigenvalue weighted by Crippen LogP contribution is -2.53. The van der Waals surface area contributed by atoms with Crippen LogP contribution in [0.4, 0.5) is 0 Å². The topological polar surface area (TPSA) is 19.0 Å². The highest BCUT2D eigenvalue weighted by atomic mass is 16.5. The largest absolute Gasteiger partial charge is 0.385 e. The average Bonchev–Trinajstić information content (AvgIpc) is 2.41. The van der Waals surface area contributed by atoms with E-state index in [1.807, 2.05) is 0 Å². The van der Waals surface area contributed by atoms with Gasteiger partial charge in [0.15, 0.2) is 0 Å². The fourth-order valence-corrected chi connectivity index (χ4v) is 3.14. The Labute approximate surface area is 112 Å². The van der Waals surface area contributed by atoms with E-state index >= 15 is 0 Å². The van der Waals surface area contributed by atoms with Gasteiger partial charge in [-0.1, -0.05) is 0 Å². The zero-order valence-electron chi connectivity index (χ0n) is 12.1. The Hall–Kier alpha value is -0.160. The van der Waals surface area contributed by atoms with E-state index in [-0.39, 0.29) is 0 Å². The quantitative estimate of drug-likeness (QED) is 0.674. The molecular weight excluding hydrogens is 226 g/mol. The van der Waals surface area contributed by atoms with E-state index in [9.17, 15) is 0 Å². The van der Waals surface area contributed by atoms with Crippen LogP contribution in [0.3, 0.4) is 0 Å². The van der Waals surface area contributed by atoms with Crippen molar-refractivity contribution in [3.63, 3.8) is 0 Å². The van der Waals surface area contributed by atoms with E-state index in [1.165, 1.54) is 65.1 Å². The van der Waals surface area contributed by atoms with Crippen molar-refractivity contribution in [1.82, 2.24) is 14.7 Å². The highest BCUT2D eigenvalue weighted by Crippen LogP contribution is 2.17. The number of piperidine rings is 1. The van der Waals surface area contributed by atoms with Gasteiger partial charge in [-0.15, -0.1) is 0 Å². The van der Waals surface area contributed by atoms with Crippen LogP contribution >= 0.6 is 0 Å². The minimum Gasteiger partial charge on any atom is -0.385 e. The Morgan fingerprint density at radius 1 is 1.00 bits per heavy atom. The molecule has 2 saturated heterocycles. The van der Waals surface area contributed by atoms with Crippen molar-refractivity contribution in [3.05, 3.63) is 0 Å². The molecule has 2 heterocycles. The van der Waals surface area contributed by atoms with Crippen molar-refractivity contribution in [1.29, 1.82) is 0 Å². The molecule has 0 unspecified atom stereocenters. The van der Waals surface area contributed by atoms with E-state index in [0.29, 0.717) is 0 Å². The van der Waals surface area contributed by atoms with Gasteiger partial charge in [0, 0.05) is 52.5 Å². The summed E-state index contributed by atoms with van der Waals surface area (Å²) >= 11 is 0. The third-order valence-corrected chi connectivity index (χ3v) is 4.43. The van der Waals surface area contributed by atoms with Gasteiger partial charge in [-0.05, 0) is 39.4 Å². The van der Waals surface area contributed by atoms with Crippen LogP contribution in [0.2, 0.25) is 0 Å². The van der Waals surface area contributed by atoms with E-state index in [0.717, 1.165) is 12.6 Å². The summed E-state index contributed by atoms with van der Waals surface area (Å²) in [6, 6.07) is 0.849. The fraction of sp³-hybridized carbons (Fsp3) is 1.00. The molecule has 0 spiro atoms. The van der Waals surface area contributed by atoms with Gasteiger partial charge in [0.1, 0.15) is 0 Å². The summed E-state index contributed by atoms with van der Waals surface area (Å²) in [6.07, 6.45) is 3.89. The molecule has 0 amide bonds. The zero-order valence-corrected chi connectivity index (χ0v) is 12.1. The van der Waals surface area contributed by atoms with Gasteiger partial charge in [-0.25, -0.2) is 0 Å². The molecule has 2 aliphatic rings. The highest BCUT2D eigenvalue weighted by Gasteiger charge is 2.25. The van der Waals surface area contributed by atoms with Crippen LogP contribution in [0.15, 0.2) is 0 Å². The van der Waals surface area contributed by atoms with Crippen molar-refractivity contribution in [2.75, 3.05) is 66.6 Å². The minimum absolute atomic E-state index is 0.849. The molecule has 4 heteroatoms. The fourth-order valence-electron chi connectivity index (χ4n) is 3.14. The van der Waals surface area contributed by atoms with Gasteiger partial charge in [0.05, 0.1) is 0 Å². The molecule has 0 aromatic rings. The van der Waals surface area contributed by atoms with Crippen LogP contribution in [0.1, 0.15) is 19.3 Å². The summed E-state index contributed by atoms with van der Waals surface area (Å²) in [4.78, 5) is 7.77. The van der Waals surface area contributed by atoms with Crippen LogP contribution in [0.5, 0.6) is 0 Å². The second kappa shape index (κ2) is 7.43. The third-order valence-electron chi connectivity index (χ3n) is 4.43. The number of piperazine rings is 1. The van der Waals surface area contributed by atoms with Crippen LogP contribution in [0, 0.1) is 0 Å². The highest BCUT2D eigenvalue weighted by molar-refractivity contribution is 4.82. The van der Waals surface area contributed by atoms with Crippen LogP contribution < -0.4 is 0 Å². The molecule has 0 N–H and O–H groups in total. The summed E-state index contributed by atoms with van der Waals surface area (Å²) in [6.45, 7) is 9.68. The van der Waals surface area contributed by atoms with Crippen LogP contribution in [0.25, 0.3) is 0 Å². The second-order valence-electron chi connectivity index (χ2n) is 5.76. The van der Waals surface area contributed by atoms with Gasteiger partial charge in [0.25, 0.3) is 0 Å². The molecule has 0 bridgehead atoms. The molecule has 2 rings (SSSR count). The van der Waals surface area contributed by atoms with E-state index in [4.69, 9.17) is 4.74 Å². The summed E-state index contributed by atoms with van der Waals surface area (Å²) in [5, 5.41) is 0. The van der Waals surface area contributed by atoms with E-state index in [1.54, 1.807) is 7.11 Å². The molecule has 0 aromatic heterocycles. The van der Waals surface area contributed by atoms with Crippen molar-refractivity contribution < 1.29 is 4.74 Å². The monoisotopic (exact) mass is 255 g/mol. The van der Waals surface area contributed by atoms with E-state index < -0.39 is 0 Å². The summed E-state index contributed by atoms with van der Waals surface area (Å²) < 4.78 is 5.12. The molecule has 0 aromatic carbocycles. The summed E-state index contributed by atoms with van der Waals surface area (Å²) in [5.74, 6) is 0. The normalized spacial score (nSPS) is 25.7. The SMILES string of the molecule is COCCCN1CCN(C2CCN(C)CC2)CC1. The lowest BCUT2D eigenvalue weighted by Gasteiger charge is -2.42. The smallest absolute Gasteiger partial charge is 0.0474 e. The van der Waals surface area contributed by atoms with Crippen molar-refractivity contribution in [2.45, 2.75) is 25.3 Å². The van der Waals surface area contributed by atoms with Gasteiger partial charge in [0.2, 0.25) is 0 Å². The molecule has 0 atom stereocenters. The number of ether oxygens (including phenoxy) is 1. The maximum atomic E-state index is 5.12.